The fourth-order valence-electron chi connectivity index (χ4n) is 5.39. The van der Waals surface area contributed by atoms with Gasteiger partial charge in [0.15, 0.2) is 56.5 Å². The van der Waals surface area contributed by atoms with E-state index >= 15 is 0 Å². The van der Waals surface area contributed by atoms with Crippen molar-refractivity contribution >= 4 is 78.5 Å². The van der Waals surface area contributed by atoms with Crippen LogP contribution in [0.25, 0.3) is 20.7 Å². The molecule has 1 saturated heterocycles. The van der Waals surface area contributed by atoms with Crippen LogP contribution in [0.5, 0.6) is 0 Å². The van der Waals surface area contributed by atoms with Gasteiger partial charge in [0, 0.05) is 41.3 Å². The summed E-state index contributed by atoms with van der Waals surface area (Å²) in [6.45, 7) is 3.89. The maximum atomic E-state index is 14.0. The molecule has 13 nitrogen and oxygen atoms in total. The fourth-order valence-corrected chi connectivity index (χ4v) is 8.67. The maximum Gasteiger partial charge on any atom is 0.311 e. The number of nitrogens with one attached hydrogen (secondary N) is 3. The highest BCUT2D eigenvalue weighted by molar-refractivity contribution is 7.98. The molecule has 0 spiro atoms. The Labute approximate surface area is 333 Å². The molecule has 6 aromatic rings. The zero-order valence-corrected chi connectivity index (χ0v) is 33.1. The number of benzene rings is 2. The molecule has 2 aromatic carbocycles. The largest absolute Gasteiger partial charge is 0.394 e. The second-order valence-corrected chi connectivity index (χ2v) is 16.4. The number of aliphatic hydroxyl groups is 2. The summed E-state index contributed by atoms with van der Waals surface area (Å²) in [5.74, 6) is -2.51. The first kappa shape index (κ1) is 41.5. The van der Waals surface area contributed by atoms with Crippen LogP contribution in [0.1, 0.15) is 50.5 Å². The van der Waals surface area contributed by atoms with Gasteiger partial charge in [0.1, 0.15) is 15.6 Å². The highest BCUT2D eigenvalue weighted by Gasteiger charge is 2.25. The number of hydrogen-bond acceptors (Lipinski definition) is 15. The van der Waals surface area contributed by atoms with E-state index in [9.17, 15) is 37.4 Å². The first-order valence-corrected chi connectivity index (χ1v) is 20.9. The molecule has 0 bridgehead atoms. The molecule has 21 heteroatoms. The molecule has 56 heavy (non-hydrogen) atoms. The summed E-state index contributed by atoms with van der Waals surface area (Å²) >= 11 is 4.24. The van der Waals surface area contributed by atoms with Crippen LogP contribution in [0.3, 0.4) is 0 Å². The fraction of sp³-hybridized carbons (Fsp3) is 0.371. The lowest BCUT2D eigenvalue weighted by atomic mass is 10.2. The van der Waals surface area contributed by atoms with Crippen molar-refractivity contribution in [2.75, 3.05) is 30.5 Å². The number of nitrogens with zero attached hydrogens (tertiary/aromatic N) is 5. The average Bonchev–Trinajstić information content (AvgIpc) is 3.74. The summed E-state index contributed by atoms with van der Waals surface area (Å²) in [4.78, 5) is 44.1. The van der Waals surface area contributed by atoms with Crippen LogP contribution in [0.4, 0.5) is 29.2 Å². The minimum absolute atomic E-state index is 0.109. The number of hydrogen-bond donors (Lipinski definition) is 5. The number of aromatic amines is 1. The quantitative estimate of drug-likeness (QED) is 0.0474. The highest BCUT2D eigenvalue weighted by Crippen LogP contribution is 2.33. The molecule has 1 fully saturated rings. The van der Waals surface area contributed by atoms with E-state index in [1.807, 2.05) is 0 Å². The van der Waals surface area contributed by atoms with Gasteiger partial charge in [0.05, 0.1) is 13.2 Å². The molecule has 298 valence electrons. The van der Waals surface area contributed by atoms with E-state index in [4.69, 9.17) is 4.74 Å². The summed E-state index contributed by atoms with van der Waals surface area (Å²) < 4.78 is 63.0. The van der Waals surface area contributed by atoms with Gasteiger partial charge in [-0.05, 0) is 45.2 Å². The molecule has 1 unspecified atom stereocenters. The molecule has 0 radical (unpaired) electrons. The van der Waals surface area contributed by atoms with E-state index in [1.54, 1.807) is 18.4 Å². The smallest absolute Gasteiger partial charge is 0.311 e. The Bertz CT molecular complexity index is 2420. The summed E-state index contributed by atoms with van der Waals surface area (Å²) in [5, 5.41) is 25.4. The van der Waals surface area contributed by atoms with E-state index in [-0.39, 0.29) is 57.7 Å². The van der Waals surface area contributed by atoms with Crippen molar-refractivity contribution in [3.05, 3.63) is 90.1 Å². The van der Waals surface area contributed by atoms with Gasteiger partial charge in [-0.25, -0.2) is 37.5 Å². The first-order valence-electron chi connectivity index (χ1n) is 17.3. The van der Waals surface area contributed by atoms with Crippen LogP contribution in [-0.2, 0) is 16.2 Å². The second-order valence-electron chi connectivity index (χ2n) is 12.6. The molecule has 0 saturated carbocycles. The normalized spacial score (nSPS) is 15.4. The van der Waals surface area contributed by atoms with Crippen LogP contribution < -0.4 is 20.4 Å². The van der Waals surface area contributed by atoms with E-state index in [2.05, 4.69) is 35.6 Å². The summed E-state index contributed by atoms with van der Waals surface area (Å²) in [6, 6.07) is 7.44. The number of H-pyrrole nitrogens is 1. The zero-order chi connectivity index (χ0) is 39.9. The van der Waals surface area contributed by atoms with E-state index in [1.165, 1.54) is 24.3 Å². The number of ether oxygens (including phenoxy) is 1. The van der Waals surface area contributed by atoms with Crippen LogP contribution in [0.2, 0.25) is 0 Å². The number of fused-ring (bicyclic) bond motifs is 2. The van der Waals surface area contributed by atoms with Crippen LogP contribution in [0, 0.1) is 23.3 Å². The van der Waals surface area contributed by atoms with Crippen LogP contribution in [0.15, 0.2) is 56.3 Å². The molecule has 5 N–H and O–H groups in total. The lowest BCUT2D eigenvalue weighted by Crippen LogP contribution is -2.25. The third-order valence-electron chi connectivity index (χ3n) is 8.24. The first-order chi connectivity index (χ1) is 26.9. The number of aliphatic hydroxyl groups excluding tert-OH is 2. The SMILES string of the molecule is C[C@H](CO)Nc1nc(SCc2cccc(F)c2F)nc2[nH]c(=O)sc12.C[C@H](CO)Nc1nc(SCc2cccc(F)c2F)nc2c1sc(=O)n2C1CCCCO1. The zero-order valence-electron chi connectivity index (χ0n) is 29.9. The van der Waals surface area contributed by atoms with E-state index in [0.717, 1.165) is 71.2 Å². The average molecular weight is 853 g/mol. The number of thioether (sulfide) groups is 2. The lowest BCUT2D eigenvalue weighted by molar-refractivity contribution is -0.0308. The van der Waals surface area contributed by atoms with Gasteiger partial charge in [-0.15, -0.1) is 0 Å². The van der Waals surface area contributed by atoms with Crippen molar-refractivity contribution in [3.8, 4) is 0 Å². The molecule has 7 rings (SSSR count). The Morgan fingerprint density at radius 1 is 0.839 bits per heavy atom. The summed E-state index contributed by atoms with van der Waals surface area (Å²) in [5.41, 5.74) is 1.20. The molecule has 4 aromatic heterocycles. The Morgan fingerprint density at radius 3 is 1.96 bits per heavy atom. The Balaban J connectivity index is 0.000000194. The number of halogens is 4. The number of rotatable bonds is 13. The molecule has 1 aliphatic rings. The van der Waals surface area contributed by atoms with Gasteiger partial charge >= 0.3 is 9.75 Å². The standard InChI is InChI=1S/C20H22F2N4O3S2.C15H14F2N4O2S2/c1-11(9-27)23-17-16-18(26(20(28)31-16)14-7-2-3-8-29-14)25-19(24-17)30-10-12-5-4-6-13(21)15(12)22;1-7(5-22)18-12-11-13(21-15(23)25-11)20-14(19-12)24-6-8-3-2-4-9(16)10(8)17/h4-6,11,14,27H,2-3,7-10H2,1H3,(H,23,24,25);2-4,7,22H,5-6H2,1H3,(H2,18,19,20,21,23)/t11-,14?;7-/m11/s1. The van der Waals surface area contributed by atoms with Crippen molar-refractivity contribution in [1.82, 2.24) is 29.5 Å². The maximum absolute atomic E-state index is 14.0. The third kappa shape index (κ3) is 9.87. The van der Waals surface area contributed by atoms with Gasteiger partial charge in [-0.2, -0.15) is 0 Å². The van der Waals surface area contributed by atoms with Gasteiger partial charge in [0.25, 0.3) is 0 Å². The molecule has 3 atom stereocenters. The number of thiazole rings is 2. The Morgan fingerprint density at radius 2 is 1.41 bits per heavy atom. The van der Waals surface area contributed by atoms with E-state index < -0.39 is 29.5 Å². The summed E-state index contributed by atoms with van der Waals surface area (Å²) in [6.07, 6.45) is 2.21. The Hall–Kier alpha value is -4.12. The molecule has 1 aliphatic heterocycles. The number of aromatic nitrogens is 6. The molecular formula is C35H36F4N8O5S4. The predicted molar refractivity (Wildman–Crippen MR) is 211 cm³/mol. The molecule has 0 amide bonds. The lowest BCUT2D eigenvalue weighted by Gasteiger charge is -2.23. The topological polar surface area (TPSA) is 180 Å². The third-order valence-corrected chi connectivity index (χ3v) is 11.9. The second kappa shape index (κ2) is 18.9. The van der Waals surface area contributed by atoms with Gasteiger partial charge in [0.2, 0.25) is 0 Å². The molecular weight excluding hydrogens is 817 g/mol. The monoisotopic (exact) mass is 852 g/mol. The van der Waals surface area contributed by atoms with Gasteiger partial charge < -0.3 is 25.6 Å². The summed E-state index contributed by atoms with van der Waals surface area (Å²) in [7, 11) is 0. The minimum atomic E-state index is -0.908. The molecule has 5 heterocycles. The Kier molecular flexibility index (Phi) is 14.0. The minimum Gasteiger partial charge on any atom is -0.394 e. The van der Waals surface area contributed by atoms with Gasteiger partial charge in [-0.3, -0.25) is 19.1 Å². The van der Waals surface area contributed by atoms with Crippen LogP contribution in [-0.4, -0.2) is 71.6 Å². The van der Waals surface area contributed by atoms with Crippen molar-refractivity contribution in [2.45, 2.75) is 73.2 Å². The van der Waals surface area contributed by atoms with Crippen molar-refractivity contribution in [1.29, 1.82) is 0 Å². The van der Waals surface area contributed by atoms with Crippen molar-refractivity contribution in [2.24, 2.45) is 0 Å². The van der Waals surface area contributed by atoms with Crippen molar-refractivity contribution < 1.29 is 32.5 Å². The van der Waals surface area contributed by atoms with Gasteiger partial charge in [-0.1, -0.05) is 70.5 Å². The van der Waals surface area contributed by atoms with Crippen molar-refractivity contribution in [3.63, 3.8) is 0 Å². The highest BCUT2D eigenvalue weighted by atomic mass is 32.2. The van der Waals surface area contributed by atoms with E-state index in [0.29, 0.717) is 55.7 Å². The molecule has 0 aliphatic carbocycles. The predicted octanol–water partition coefficient (Wildman–Crippen LogP) is 6.66. The number of anilines is 2. The van der Waals surface area contributed by atoms with Crippen LogP contribution >= 0.6 is 46.2 Å².